The van der Waals surface area contributed by atoms with Crippen LogP contribution in [0.5, 0.6) is 0 Å². The van der Waals surface area contributed by atoms with E-state index in [1.165, 1.54) is 167 Å². The first kappa shape index (κ1) is 76.5. The van der Waals surface area contributed by atoms with Gasteiger partial charge in [-0.05, 0) is 70.6 Å². The van der Waals surface area contributed by atoms with Gasteiger partial charge in [-0.2, -0.15) is 0 Å². The molecule has 1 N–H and O–H groups in total. The van der Waals surface area contributed by atoms with Gasteiger partial charge in [0.05, 0.1) is 34.4 Å². The number of hydrogen-bond donors (Lipinski definition) is 1. The summed E-state index contributed by atoms with van der Waals surface area (Å²) in [4.78, 5) is 37.6. The van der Waals surface area contributed by atoms with Crippen molar-refractivity contribution in [1.82, 2.24) is 0 Å². The zero-order valence-corrected chi connectivity index (χ0v) is 52.7. The third kappa shape index (κ3) is 62.1. The quantitative estimate of drug-likeness (QED) is 0.0211. The number of rotatable bonds is 61. The Morgan fingerprint density at radius 2 is 0.713 bits per heavy atom. The zero-order valence-electron chi connectivity index (χ0n) is 52.7. The Balaban J connectivity index is 4.19. The molecule has 0 fully saturated rings. The number of esters is 2. The molecule has 0 rings (SSSR count). The number of allylic oxidation sites excluding steroid dienone is 14. The van der Waals surface area contributed by atoms with Crippen molar-refractivity contribution in [3.05, 3.63) is 85.1 Å². The fraction of sp³-hybridized carbons (Fsp3) is 0.761. The van der Waals surface area contributed by atoms with E-state index in [1.807, 2.05) is 21.1 Å². The molecule has 0 radical (unpaired) electrons. The fourth-order valence-corrected chi connectivity index (χ4v) is 9.35. The minimum absolute atomic E-state index is 0.183. The monoisotopic (exact) mass is 1120 g/mol. The molecular weight excluding hydrogens is 995 g/mol. The summed E-state index contributed by atoms with van der Waals surface area (Å²) in [6.07, 6.45) is 79.7. The summed E-state index contributed by atoms with van der Waals surface area (Å²) in [7, 11) is 5.97. The second kappa shape index (κ2) is 61.5. The molecule has 0 saturated heterocycles. The number of carboxylic acids is 1. The molecule has 0 bridgehead atoms. The van der Waals surface area contributed by atoms with Crippen molar-refractivity contribution < 1.29 is 42.9 Å². The number of nitrogens with zero attached hydrogens (tertiary/aromatic N) is 1. The van der Waals surface area contributed by atoms with Gasteiger partial charge < -0.3 is 28.5 Å². The van der Waals surface area contributed by atoms with E-state index in [4.69, 9.17) is 18.9 Å². The van der Waals surface area contributed by atoms with Crippen LogP contribution in [0.3, 0.4) is 0 Å². The lowest BCUT2D eigenvalue weighted by Gasteiger charge is -2.25. The number of aliphatic carboxylic acids is 1. The van der Waals surface area contributed by atoms with Gasteiger partial charge in [0, 0.05) is 12.8 Å². The standard InChI is InChI=1S/C71H125NO8/c1-6-8-10-12-14-16-18-20-22-24-26-28-30-32-34-35-36-38-40-42-44-46-48-50-52-54-56-58-60-62-69(74)80-67(66-79-71(70(75)76)77-64-63-72(3,4)5)65-78-68(73)61-59-57-55-53-51-49-47-45-43-41-39-37-33-31-29-27-25-23-21-19-17-15-13-11-9-7-2/h8,10,14,16,20,22,26,28,32,34,36,38,42,44,67,71H,6-7,9,11-13,15,17-19,21,23-25,27,29-31,33,35,37,39-41,43,45-66H2,1-5H3/p+1/b10-8-,16-14-,22-20-,28-26-,34-32-,38-36-,44-42-. The van der Waals surface area contributed by atoms with Crippen LogP contribution in [0, 0.1) is 0 Å². The topological polar surface area (TPSA) is 108 Å². The van der Waals surface area contributed by atoms with Crippen molar-refractivity contribution in [3.63, 3.8) is 0 Å². The molecule has 0 aliphatic rings. The predicted octanol–water partition coefficient (Wildman–Crippen LogP) is 20.3. The second-order valence-electron chi connectivity index (χ2n) is 23.4. The molecule has 0 heterocycles. The molecule has 0 aromatic rings. The molecule has 0 aromatic carbocycles. The van der Waals surface area contributed by atoms with Gasteiger partial charge >= 0.3 is 17.9 Å². The van der Waals surface area contributed by atoms with Gasteiger partial charge in [0.25, 0.3) is 6.29 Å². The highest BCUT2D eigenvalue weighted by atomic mass is 16.7. The highest BCUT2D eigenvalue weighted by Crippen LogP contribution is 2.18. The van der Waals surface area contributed by atoms with Crippen LogP contribution < -0.4 is 0 Å². The summed E-state index contributed by atoms with van der Waals surface area (Å²) in [5.41, 5.74) is 0. The number of carboxylic acid groups (broad SMARTS) is 1. The average molecular weight is 1120 g/mol. The molecule has 9 nitrogen and oxygen atoms in total. The van der Waals surface area contributed by atoms with Crippen molar-refractivity contribution in [3.8, 4) is 0 Å². The van der Waals surface area contributed by atoms with Crippen molar-refractivity contribution in [2.24, 2.45) is 0 Å². The van der Waals surface area contributed by atoms with E-state index in [0.717, 1.165) is 89.9 Å². The molecule has 0 spiro atoms. The van der Waals surface area contributed by atoms with E-state index in [1.54, 1.807) is 0 Å². The molecule has 9 heteroatoms. The van der Waals surface area contributed by atoms with Gasteiger partial charge in [0.1, 0.15) is 13.2 Å². The van der Waals surface area contributed by atoms with Gasteiger partial charge in [-0.3, -0.25) is 9.59 Å². The number of likely N-dealkylation sites (N-methyl/N-ethyl adjacent to an activating group) is 1. The molecule has 0 amide bonds. The fourth-order valence-electron chi connectivity index (χ4n) is 9.35. The highest BCUT2D eigenvalue weighted by molar-refractivity contribution is 5.71. The van der Waals surface area contributed by atoms with E-state index >= 15 is 0 Å². The predicted molar refractivity (Wildman–Crippen MR) is 341 cm³/mol. The first-order valence-corrected chi connectivity index (χ1v) is 33.3. The van der Waals surface area contributed by atoms with Crippen molar-refractivity contribution in [1.29, 1.82) is 0 Å². The number of quaternary nitrogens is 1. The Kier molecular flexibility index (Phi) is 58.8. The van der Waals surface area contributed by atoms with Gasteiger partial charge in [-0.25, -0.2) is 4.79 Å². The number of unbranched alkanes of at least 4 members (excludes halogenated alkanes) is 32. The van der Waals surface area contributed by atoms with Gasteiger partial charge in [-0.1, -0.05) is 292 Å². The van der Waals surface area contributed by atoms with Gasteiger partial charge in [0.2, 0.25) is 0 Å². The zero-order chi connectivity index (χ0) is 58.3. The van der Waals surface area contributed by atoms with Crippen molar-refractivity contribution in [2.75, 3.05) is 47.5 Å². The summed E-state index contributed by atoms with van der Waals surface area (Å²) in [6, 6.07) is 0. The van der Waals surface area contributed by atoms with Crippen molar-refractivity contribution in [2.45, 2.75) is 302 Å². The van der Waals surface area contributed by atoms with E-state index in [2.05, 4.69) is 98.9 Å². The highest BCUT2D eigenvalue weighted by Gasteiger charge is 2.25. The van der Waals surface area contributed by atoms with Gasteiger partial charge in [-0.15, -0.1) is 0 Å². The molecule has 0 aliphatic heterocycles. The van der Waals surface area contributed by atoms with Crippen LogP contribution in [0.25, 0.3) is 0 Å². The maximum atomic E-state index is 12.9. The Hall–Kier alpha value is -3.53. The maximum absolute atomic E-state index is 12.9. The summed E-state index contributed by atoms with van der Waals surface area (Å²) < 4.78 is 23.0. The summed E-state index contributed by atoms with van der Waals surface area (Å²) in [5.74, 6) is -2.01. The third-order valence-electron chi connectivity index (χ3n) is 14.4. The lowest BCUT2D eigenvalue weighted by Crippen LogP contribution is -2.40. The largest absolute Gasteiger partial charge is 0.477 e. The molecular formula is C71H126NO8+. The summed E-state index contributed by atoms with van der Waals surface area (Å²) in [6.45, 7) is 4.78. The molecule has 462 valence electrons. The van der Waals surface area contributed by atoms with Gasteiger partial charge in [0.15, 0.2) is 6.10 Å². The molecule has 0 saturated carbocycles. The second-order valence-corrected chi connectivity index (χ2v) is 23.4. The van der Waals surface area contributed by atoms with Crippen LogP contribution >= 0.6 is 0 Å². The first-order chi connectivity index (χ1) is 39.1. The first-order valence-electron chi connectivity index (χ1n) is 33.3. The minimum atomic E-state index is -1.52. The smallest absolute Gasteiger partial charge is 0.361 e. The molecule has 0 aliphatic carbocycles. The Labute approximate surface area is 493 Å². The SMILES string of the molecule is CC/C=C\C/C=C\C/C=C\C/C=C\C/C=C\C/C=C\C/C=C\CCCCCCCCCC(=O)OC(COC(=O)CCCCCCCCCCCCCCCCCCCCCCCCCCCC)COC(OCC[N+](C)(C)C)C(=O)O. The van der Waals surface area contributed by atoms with Crippen LogP contribution in [0.2, 0.25) is 0 Å². The lowest BCUT2D eigenvalue weighted by atomic mass is 10.0. The van der Waals surface area contributed by atoms with E-state index in [-0.39, 0.29) is 32.2 Å². The summed E-state index contributed by atoms with van der Waals surface area (Å²) in [5, 5.41) is 9.73. The van der Waals surface area contributed by atoms with Crippen LogP contribution in [-0.4, -0.2) is 87.4 Å². The van der Waals surface area contributed by atoms with Crippen LogP contribution in [-0.2, 0) is 33.3 Å². The third-order valence-corrected chi connectivity index (χ3v) is 14.4. The van der Waals surface area contributed by atoms with Crippen LogP contribution in [0.15, 0.2) is 85.1 Å². The average Bonchev–Trinajstić information content (AvgIpc) is 3.43. The number of ether oxygens (including phenoxy) is 4. The number of hydrogen-bond acceptors (Lipinski definition) is 7. The number of carbonyl (C=O) groups excluding carboxylic acids is 2. The summed E-state index contributed by atoms with van der Waals surface area (Å²) >= 11 is 0. The molecule has 80 heavy (non-hydrogen) atoms. The lowest BCUT2D eigenvalue weighted by molar-refractivity contribution is -0.870. The van der Waals surface area contributed by atoms with E-state index in [9.17, 15) is 19.5 Å². The normalized spacial score (nSPS) is 13.3. The number of carbonyl (C=O) groups is 3. The Morgan fingerprint density at radius 3 is 1.06 bits per heavy atom. The molecule has 0 aromatic heterocycles. The van der Waals surface area contributed by atoms with Crippen molar-refractivity contribution >= 4 is 17.9 Å². The Morgan fingerprint density at radius 1 is 0.388 bits per heavy atom. The van der Waals surface area contributed by atoms with Crippen LogP contribution in [0.4, 0.5) is 0 Å². The minimum Gasteiger partial charge on any atom is -0.477 e. The maximum Gasteiger partial charge on any atom is 0.361 e. The molecule has 2 atom stereocenters. The van der Waals surface area contributed by atoms with Crippen LogP contribution in [0.1, 0.15) is 290 Å². The molecule has 2 unspecified atom stereocenters. The Bertz CT molecular complexity index is 1590. The van der Waals surface area contributed by atoms with E-state index in [0.29, 0.717) is 23.9 Å². The van der Waals surface area contributed by atoms with E-state index < -0.39 is 24.3 Å².